The van der Waals surface area contributed by atoms with Gasteiger partial charge in [0.2, 0.25) is 0 Å². The second-order valence-corrected chi connectivity index (χ2v) is 4.07. The highest BCUT2D eigenvalue weighted by molar-refractivity contribution is 5.36. The minimum atomic E-state index is -0.841. The van der Waals surface area contributed by atoms with Crippen LogP contribution in [0.15, 0.2) is 12.1 Å². The second kappa shape index (κ2) is 5.99. The molecular formula is C13H20O3. The molecule has 0 radical (unpaired) electrons. The maximum Gasteiger partial charge on any atom is 0.177 e. The maximum absolute atomic E-state index is 9.17. The predicted molar refractivity (Wildman–Crippen MR) is 63.3 cm³/mol. The van der Waals surface area contributed by atoms with Gasteiger partial charge in [-0.3, -0.25) is 0 Å². The molecule has 0 saturated carbocycles. The summed E-state index contributed by atoms with van der Waals surface area (Å²) in [5.74, 6) is 0. The van der Waals surface area contributed by atoms with E-state index in [9.17, 15) is 0 Å². The van der Waals surface area contributed by atoms with Crippen LogP contribution in [0.1, 0.15) is 22.3 Å². The first-order chi connectivity index (χ1) is 7.54. The Morgan fingerprint density at radius 1 is 1.25 bits per heavy atom. The summed E-state index contributed by atoms with van der Waals surface area (Å²) in [5.41, 5.74) is 4.91. The summed E-state index contributed by atoms with van der Waals surface area (Å²) < 4.78 is 10.1. The fourth-order valence-electron chi connectivity index (χ4n) is 1.62. The highest BCUT2D eigenvalue weighted by Crippen LogP contribution is 2.16. The van der Waals surface area contributed by atoms with Crippen molar-refractivity contribution in [2.75, 3.05) is 13.7 Å². The summed E-state index contributed by atoms with van der Waals surface area (Å²) in [5, 5.41) is 9.17. The average Bonchev–Trinajstić information content (AvgIpc) is 2.24. The van der Waals surface area contributed by atoms with Crippen molar-refractivity contribution < 1.29 is 14.6 Å². The van der Waals surface area contributed by atoms with Gasteiger partial charge in [0.1, 0.15) is 0 Å². The van der Waals surface area contributed by atoms with Crippen LogP contribution in [0.4, 0.5) is 0 Å². The molecular weight excluding hydrogens is 204 g/mol. The summed E-state index contributed by atoms with van der Waals surface area (Å²) in [6.07, 6.45) is -0.841. The Bertz CT molecular complexity index is 347. The van der Waals surface area contributed by atoms with Crippen LogP contribution in [0.3, 0.4) is 0 Å². The maximum atomic E-state index is 9.17. The molecule has 0 bridgehead atoms. The SMILES string of the molecule is COC(O)COCc1cc(C)cc(C)c1C. The summed E-state index contributed by atoms with van der Waals surface area (Å²) >= 11 is 0. The van der Waals surface area contributed by atoms with E-state index in [0.29, 0.717) is 6.61 Å². The van der Waals surface area contributed by atoms with Crippen molar-refractivity contribution in [3.8, 4) is 0 Å². The number of hydrogen-bond acceptors (Lipinski definition) is 3. The van der Waals surface area contributed by atoms with E-state index in [1.54, 1.807) is 0 Å². The van der Waals surface area contributed by atoms with Crippen LogP contribution < -0.4 is 0 Å². The number of rotatable bonds is 5. The third-order valence-electron chi connectivity index (χ3n) is 2.71. The topological polar surface area (TPSA) is 38.7 Å². The number of aliphatic hydroxyl groups excluding tert-OH is 1. The van der Waals surface area contributed by atoms with Gasteiger partial charge in [0.25, 0.3) is 0 Å². The normalized spacial score (nSPS) is 12.8. The minimum absolute atomic E-state index is 0.197. The highest BCUT2D eigenvalue weighted by Gasteiger charge is 2.05. The molecule has 0 aliphatic rings. The summed E-state index contributed by atoms with van der Waals surface area (Å²) in [4.78, 5) is 0. The van der Waals surface area contributed by atoms with Gasteiger partial charge in [-0.25, -0.2) is 0 Å². The Labute approximate surface area is 97.0 Å². The Hall–Kier alpha value is -0.900. The van der Waals surface area contributed by atoms with E-state index < -0.39 is 6.29 Å². The molecule has 1 unspecified atom stereocenters. The van der Waals surface area contributed by atoms with Crippen LogP contribution in [0, 0.1) is 20.8 Å². The Morgan fingerprint density at radius 3 is 2.56 bits per heavy atom. The van der Waals surface area contributed by atoms with Gasteiger partial charge >= 0.3 is 0 Å². The average molecular weight is 224 g/mol. The minimum Gasteiger partial charge on any atom is -0.371 e. The van der Waals surface area contributed by atoms with Gasteiger partial charge in [-0.1, -0.05) is 17.7 Å². The number of aryl methyl sites for hydroxylation is 2. The smallest absolute Gasteiger partial charge is 0.177 e. The molecule has 3 nitrogen and oxygen atoms in total. The third-order valence-corrected chi connectivity index (χ3v) is 2.71. The van der Waals surface area contributed by atoms with Crippen LogP contribution in [-0.2, 0) is 16.1 Å². The zero-order valence-electron chi connectivity index (χ0n) is 10.4. The molecule has 0 heterocycles. The number of hydrogen-bond donors (Lipinski definition) is 1. The van der Waals surface area contributed by atoms with Crippen molar-refractivity contribution in [2.24, 2.45) is 0 Å². The molecule has 0 spiro atoms. The van der Waals surface area contributed by atoms with Crippen LogP contribution in [0.25, 0.3) is 0 Å². The van der Waals surface area contributed by atoms with Gasteiger partial charge < -0.3 is 14.6 Å². The molecule has 16 heavy (non-hydrogen) atoms. The van der Waals surface area contributed by atoms with E-state index in [0.717, 1.165) is 0 Å². The molecule has 0 saturated heterocycles. The van der Waals surface area contributed by atoms with Crippen molar-refractivity contribution in [3.05, 3.63) is 34.4 Å². The number of methoxy groups -OCH3 is 1. The van der Waals surface area contributed by atoms with Crippen molar-refractivity contribution in [1.29, 1.82) is 0 Å². The fraction of sp³-hybridized carbons (Fsp3) is 0.538. The first kappa shape index (κ1) is 13.2. The van der Waals surface area contributed by atoms with E-state index in [1.807, 2.05) is 0 Å². The lowest BCUT2D eigenvalue weighted by Crippen LogP contribution is -2.17. The van der Waals surface area contributed by atoms with Gasteiger partial charge in [-0.15, -0.1) is 0 Å². The molecule has 0 fully saturated rings. The molecule has 1 rings (SSSR count). The van der Waals surface area contributed by atoms with E-state index in [-0.39, 0.29) is 6.61 Å². The van der Waals surface area contributed by atoms with Crippen molar-refractivity contribution in [3.63, 3.8) is 0 Å². The van der Waals surface area contributed by atoms with Crippen molar-refractivity contribution >= 4 is 0 Å². The van der Waals surface area contributed by atoms with Gasteiger partial charge in [0.05, 0.1) is 13.2 Å². The summed E-state index contributed by atoms with van der Waals surface area (Å²) in [7, 11) is 1.45. The Morgan fingerprint density at radius 2 is 1.94 bits per heavy atom. The van der Waals surface area contributed by atoms with Gasteiger partial charge in [-0.05, 0) is 37.5 Å². The van der Waals surface area contributed by atoms with Crippen LogP contribution in [0.5, 0.6) is 0 Å². The first-order valence-corrected chi connectivity index (χ1v) is 5.40. The molecule has 1 N–H and O–H groups in total. The molecule has 1 atom stereocenters. The molecule has 0 aromatic heterocycles. The quantitative estimate of drug-likeness (QED) is 0.778. The largest absolute Gasteiger partial charge is 0.371 e. The molecule has 0 aliphatic carbocycles. The van der Waals surface area contributed by atoms with Crippen LogP contribution >= 0.6 is 0 Å². The van der Waals surface area contributed by atoms with Gasteiger partial charge in [0, 0.05) is 7.11 Å². The Balaban J connectivity index is 2.60. The van der Waals surface area contributed by atoms with E-state index >= 15 is 0 Å². The van der Waals surface area contributed by atoms with Crippen molar-refractivity contribution in [1.82, 2.24) is 0 Å². The molecule has 90 valence electrons. The summed E-state index contributed by atoms with van der Waals surface area (Å²) in [6.45, 7) is 6.95. The van der Waals surface area contributed by atoms with E-state index in [2.05, 4.69) is 32.9 Å². The summed E-state index contributed by atoms with van der Waals surface area (Å²) in [6, 6.07) is 4.27. The predicted octanol–water partition coefficient (Wildman–Crippen LogP) is 2.09. The second-order valence-electron chi connectivity index (χ2n) is 4.07. The lowest BCUT2D eigenvalue weighted by molar-refractivity contribution is -0.121. The Kier molecular flexibility index (Phi) is 4.93. The number of ether oxygens (including phenoxy) is 2. The third kappa shape index (κ3) is 3.59. The van der Waals surface area contributed by atoms with Crippen molar-refractivity contribution in [2.45, 2.75) is 33.7 Å². The van der Waals surface area contributed by atoms with E-state index in [1.165, 1.54) is 29.4 Å². The van der Waals surface area contributed by atoms with Crippen LogP contribution in [-0.4, -0.2) is 25.1 Å². The molecule has 0 amide bonds. The molecule has 3 heteroatoms. The number of benzene rings is 1. The lowest BCUT2D eigenvalue weighted by Gasteiger charge is -2.13. The van der Waals surface area contributed by atoms with Gasteiger partial charge in [-0.2, -0.15) is 0 Å². The van der Waals surface area contributed by atoms with Gasteiger partial charge in [0.15, 0.2) is 6.29 Å². The number of aliphatic hydroxyl groups is 1. The van der Waals surface area contributed by atoms with Crippen LogP contribution in [0.2, 0.25) is 0 Å². The highest BCUT2D eigenvalue weighted by atomic mass is 16.6. The standard InChI is InChI=1S/C13H20O3/c1-9-5-10(2)11(3)12(6-9)7-16-8-13(14)15-4/h5-6,13-14H,7-8H2,1-4H3. The van der Waals surface area contributed by atoms with E-state index in [4.69, 9.17) is 14.6 Å². The monoisotopic (exact) mass is 224 g/mol. The fourth-order valence-corrected chi connectivity index (χ4v) is 1.62. The molecule has 1 aromatic carbocycles. The lowest BCUT2D eigenvalue weighted by atomic mass is 10.0. The zero-order valence-corrected chi connectivity index (χ0v) is 10.4. The molecule has 0 aliphatic heterocycles. The molecule has 1 aromatic rings. The first-order valence-electron chi connectivity index (χ1n) is 5.40. The zero-order chi connectivity index (χ0) is 12.1.